The van der Waals surface area contributed by atoms with Crippen LogP contribution in [0.15, 0.2) is 77.0 Å². The fraction of sp³-hybridized carbons (Fsp3) is 0.160. The van der Waals surface area contributed by atoms with E-state index in [1.807, 2.05) is 66.7 Å². The number of methoxy groups -OCH3 is 1. The van der Waals surface area contributed by atoms with E-state index in [4.69, 9.17) is 14.2 Å². The molecule has 0 bridgehead atoms. The molecule has 7 heteroatoms. The molecule has 0 fully saturated rings. The second kappa shape index (κ2) is 8.24. The second-order valence-corrected chi connectivity index (χ2v) is 8.48. The van der Waals surface area contributed by atoms with Crippen LogP contribution in [0.1, 0.15) is 22.7 Å². The average molecular weight is 494 g/mol. The molecule has 1 amide bonds. The maximum absolute atomic E-state index is 13.2. The predicted octanol–water partition coefficient (Wildman–Crippen LogP) is 5.24. The lowest BCUT2D eigenvalue weighted by molar-refractivity contribution is -0.130. The zero-order valence-electron chi connectivity index (χ0n) is 17.2. The highest BCUT2D eigenvalue weighted by Gasteiger charge is 2.41. The highest BCUT2D eigenvalue weighted by Crippen LogP contribution is 2.44. The van der Waals surface area contributed by atoms with E-state index in [1.165, 1.54) is 0 Å². The third-order valence-corrected chi connectivity index (χ3v) is 6.21. The summed E-state index contributed by atoms with van der Waals surface area (Å²) >= 11 is 3.47. The number of carbonyl (C=O) groups excluding carboxylic acids is 1. The Morgan fingerprint density at radius 1 is 1.03 bits per heavy atom. The van der Waals surface area contributed by atoms with Crippen molar-refractivity contribution < 1.29 is 24.1 Å². The summed E-state index contributed by atoms with van der Waals surface area (Å²) in [5, 5.41) is 10.9. The molecule has 0 radical (unpaired) electrons. The zero-order chi connectivity index (χ0) is 22.2. The molecular formula is C25H20BrNO5. The molecule has 0 saturated carbocycles. The lowest BCUT2D eigenvalue weighted by atomic mass is 9.93. The van der Waals surface area contributed by atoms with Crippen molar-refractivity contribution in [2.75, 3.05) is 13.9 Å². The van der Waals surface area contributed by atoms with Gasteiger partial charge >= 0.3 is 0 Å². The lowest BCUT2D eigenvalue weighted by Gasteiger charge is -2.27. The van der Waals surface area contributed by atoms with Crippen LogP contribution in [0.25, 0.3) is 5.57 Å². The van der Waals surface area contributed by atoms with E-state index in [9.17, 15) is 9.90 Å². The molecule has 2 heterocycles. The van der Waals surface area contributed by atoms with Crippen LogP contribution in [-0.4, -0.2) is 29.8 Å². The molecular weight excluding hydrogens is 474 g/mol. The van der Waals surface area contributed by atoms with Gasteiger partial charge in [0.05, 0.1) is 13.2 Å². The number of nitrogens with zero attached hydrogens (tertiary/aromatic N) is 1. The van der Waals surface area contributed by atoms with E-state index < -0.39 is 11.9 Å². The average Bonchev–Trinajstić information content (AvgIpc) is 3.38. The molecule has 2 aliphatic rings. The van der Waals surface area contributed by atoms with Crippen LogP contribution in [-0.2, 0) is 11.3 Å². The summed E-state index contributed by atoms with van der Waals surface area (Å²) in [7, 11) is 1.60. The molecule has 1 N–H and O–H groups in total. The second-order valence-electron chi connectivity index (χ2n) is 7.57. The number of ether oxygens (including phenoxy) is 3. The number of hydrogen-bond donors (Lipinski definition) is 1. The van der Waals surface area contributed by atoms with Gasteiger partial charge in [-0.25, -0.2) is 0 Å². The minimum absolute atomic E-state index is 0.187. The Labute approximate surface area is 193 Å². The standard InChI is InChI=1S/C25H20BrNO5/c1-30-19-9-5-16(6-10-19)22-23(17-3-7-18(26)8-4-17)27(25(29)24(22)28)13-15-2-11-20-21(12-15)32-14-31-20/h2-12,23,28H,13-14H2,1H3. The van der Waals surface area contributed by atoms with Crippen molar-refractivity contribution in [3.63, 3.8) is 0 Å². The first-order valence-electron chi connectivity index (χ1n) is 10.1. The van der Waals surface area contributed by atoms with Crippen LogP contribution in [0.2, 0.25) is 0 Å². The van der Waals surface area contributed by atoms with Gasteiger partial charge in [-0.1, -0.05) is 46.3 Å². The Morgan fingerprint density at radius 3 is 2.47 bits per heavy atom. The summed E-state index contributed by atoms with van der Waals surface area (Å²) in [6.45, 7) is 0.493. The fourth-order valence-corrected chi connectivity index (χ4v) is 4.37. The maximum Gasteiger partial charge on any atom is 0.290 e. The van der Waals surface area contributed by atoms with Crippen LogP contribution >= 0.6 is 15.9 Å². The van der Waals surface area contributed by atoms with Gasteiger partial charge in [0.1, 0.15) is 5.75 Å². The number of halogens is 1. The van der Waals surface area contributed by atoms with Crippen LogP contribution < -0.4 is 14.2 Å². The molecule has 6 nitrogen and oxygen atoms in total. The number of aliphatic hydroxyl groups excluding tert-OH is 1. The van der Waals surface area contributed by atoms with Crippen LogP contribution in [0.4, 0.5) is 0 Å². The molecule has 1 unspecified atom stereocenters. The predicted molar refractivity (Wildman–Crippen MR) is 123 cm³/mol. The number of fused-ring (bicyclic) bond motifs is 1. The van der Waals surface area contributed by atoms with Crippen LogP contribution in [0, 0.1) is 0 Å². The minimum Gasteiger partial charge on any atom is -0.503 e. The molecule has 162 valence electrons. The van der Waals surface area contributed by atoms with Crippen molar-refractivity contribution in [2.24, 2.45) is 0 Å². The topological polar surface area (TPSA) is 68.2 Å². The lowest BCUT2D eigenvalue weighted by Crippen LogP contribution is -2.29. The molecule has 1 atom stereocenters. The number of carbonyl (C=O) groups is 1. The Bertz CT molecular complexity index is 1200. The summed E-state index contributed by atoms with van der Waals surface area (Å²) in [6, 6.07) is 20.3. The van der Waals surface area contributed by atoms with Crippen molar-refractivity contribution in [1.29, 1.82) is 0 Å². The number of aliphatic hydroxyl groups is 1. The number of hydrogen-bond acceptors (Lipinski definition) is 5. The first kappa shape index (κ1) is 20.5. The van der Waals surface area contributed by atoms with Crippen molar-refractivity contribution >= 4 is 27.4 Å². The Balaban J connectivity index is 1.56. The first-order chi connectivity index (χ1) is 15.5. The van der Waals surface area contributed by atoms with E-state index in [2.05, 4.69) is 15.9 Å². The normalized spacial score (nSPS) is 17.2. The highest BCUT2D eigenvalue weighted by molar-refractivity contribution is 9.10. The molecule has 0 aromatic heterocycles. The van der Waals surface area contributed by atoms with E-state index >= 15 is 0 Å². The van der Waals surface area contributed by atoms with Crippen molar-refractivity contribution in [2.45, 2.75) is 12.6 Å². The quantitative estimate of drug-likeness (QED) is 0.526. The number of amides is 1. The van der Waals surface area contributed by atoms with Crippen molar-refractivity contribution in [3.8, 4) is 17.2 Å². The summed E-state index contributed by atoms with van der Waals surface area (Å²) in [4.78, 5) is 14.9. The SMILES string of the molecule is COc1ccc(C2=C(O)C(=O)N(Cc3ccc4c(c3)OCO4)C2c2ccc(Br)cc2)cc1. The van der Waals surface area contributed by atoms with E-state index in [0.717, 1.165) is 21.2 Å². The molecule has 5 rings (SSSR count). The summed E-state index contributed by atoms with van der Waals surface area (Å²) in [6.07, 6.45) is 0. The number of benzene rings is 3. The van der Waals surface area contributed by atoms with Gasteiger partial charge in [0, 0.05) is 16.6 Å². The van der Waals surface area contributed by atoms with Gasteiger partial charge in [0.15, 0.2) is 17.3 Å². The van der Waals surface area contributed by atoms with Gasteiger partial charge in [-0.3, -0.25) is 4.79 Å². The fourth-order valence-electron chi connectivity index (χ4n) is 4.11. The third kappa shape index (κ3) is 3.58. The molecule has 0 saturated heterocycles. The molecule has 0 aliphatic carbocycles. The smallest absolute Gasteiger partial charge is 0.290 e. The largest absolute Gasteiger partial charge is 0.503 e. The molecule has 0 spiro atoms. The zero-order valence-corrected chi connectivity index (χ0v) is 18.8. The maximum atomic E-state index is 13.2. The Hall–Kier alpha value is -3.45. The van der Waals surface area contributed by atoms with E-state index in [1.54, 1.807) is 12.0 Å². The Kier molecular flexibility index (Phi) is 5.27. The molecule has 2 aliphatic heterocycles. The van der Waals surface area contributed by atoms with Gasteiger partial charge in [-0.15, -0.1) is 0 Å². The summed E-state index contributed by atoms with van der Waals surface area (Å²) < 4.78 is 17.1. The van der Waals surface area contributed by atoms with Gasteiger partial charge < -0.3 is 24.2 Å². The third-order valence-electron chi connectivity index (χ3n) is 5.68. The van der Waals surface area contributed by atoms with Gasteiger partial charge in [0.2, 0.25) is 6.79 Å². The molecule has 32 heavy (non-hydrogen) atoms. The van der Waals surface area contributed by atoms with Crippen LogP contribution in [0.3, 0.4) is 0 Å². The molecule has 3 aromatic carbocycles. The van der Waals surface area contributed by atoms with E-state index in [-0.39, 0.29) is 12.6 Å². The van der Waals surface area contributed by atoms with Gasteiger partial charge in [-0.05, 0) is 53.1 Å². The van der Waals surface area contributed by atoms with Gasteiger partial charge in [-0.2, -0.15) is 0 Å². The monoisotopic (exact) mass is 493 g/mol. The molecule has 3 aromatic rings. The van der Waals surface area contributed by atoms with E-state index in [0.29, 0.717) is 29.4 Å². The number of rotatable bonds is 5. The summed E-state index contributed by atoms with van der Waals surface area (Å²) in [5.41, 5.74) is 3.11. The summed E-state index contributed by atoms with van der Waals surface area (Å²) in [5.74, 6) is 1.38. The Morgan fingerprint density at radius 2 is 1.75 bits per heavy atom. The van der Waals surface area contributed by atoms with Crippen molar-refractivity contribution in [1.82, 2.24) is 4.90 Å². The first-order valence-corrected chi connectivity index (χ1v) is 10.9. The van der Waals surface area contributed by atoms with Crippen molar-refractivity contribution in [3.05, 3.63) is 93.7 Å². The minimum atomic E-state index is -0.450. The van der Waals surface area contributed by atoms with Gasteiger partial charge in [0.25, 0.3) is 5.91 Å². The highest BCUT2D eigenvalue weighted by atomic mass is 79.9. The van der Waals surface area contributed by atoms with Crippen LogP contribution in [0.5, 0.6) is 17.2 Å².